The molecule has 19 heavy (non-hydrogen) atoms. The molecule has 2 heterocycles. The number of rotatable bonds is 5. The quantitative estimate of drug-likeness (QED) is 0.791. The molecule has 0 aromatic carbocycles. The van der Waals surface area contributed by atoms with Crippen LogP contribution < -0.4 is 11.1 Å². The fourth-order valence-electron chi connectivity index (χ4n) is 2.32. The highest BCUT2D eigenvalue weighted by molar-refractivity contribution is 7.80. The Labute approximate surface area is 119 Å². The first-order valence-corrected chi connectivity index (χ1v) is 7.11. The molecule has 0 atom stereocenters. The summed E-state index contributed by atoms with van der Waals surface area (Å²) in [6.45, 7) is 3.31. The van der Waals surface area contributed by atoms with Crippen LogP contribution in [0.1, 0.15) is 25.0 Å². The number of hydrogen-bond donors (Lipinski definition) is 2. The maximum atomic E-state index is 5.55. The maximum Gasteiger partial charge on any atom is 0.223 e. The lowest BCUT2D eigenvalue weighted by molar-refractivity contribution is 0.215. The Morgan fingerprint density at radius 2 is 2.26 bits per heavy atom. The molecule has 0 saturated carbocycles. The van der Waals surface area contributed by atoms with Crippen molar-refractivity contribution in [1.82, 2.24) is 14.9 Å². The molecule has 3 N–H and O–H groups in total. The minimum Gasteiger partial charge on any atom is -0.388 e. The van der Waals surface area contributed by atoms with Crippen LogP contribution in [0.15, 0.2) is 12.3 Å². The molecule has 0 radical (unpaired) electrons. The number of aromatic nitrogens is 2. The zero-order valence-electron chi connectivity index (χ0n) is 11.3. The Hall–Kier alpha value is -1.27. The SMILES string of the molecule is CN1CCC(CCNc2nccc(C(N)=S)n2)CC1. The van der Waals surface area contributed by atoms with E-state index >= 15 is 0 Å². The largest absolute Gasteiger partial charge is 0.388 e. The lowest BCUT2D eigenvalue weighted by Gasteiger charge is -2.28. The van der Waals surface area contributed by atoms with Crippen molar-refractivity contribution in [1.29, 1.82) is 0 Å². The van der Waals surface area contributed by atoms with E-state index in [0.717, 1.165) is 18.9 Å². The molecule has 6 heteroatoms. The average Bonchev–Trinajstić information content (AvgIpc) is 2.41. The monoisotopic (exact) mass is 279 g/mol. The van der Waals surface area contributed by atoms with Gasteiger partial charge in [-0.3, -0.25) is 0 Å². The van der Waals surface area contributed by atoms with Crippen molar-refractivity contribution in [3.8, 4) is 0 Å². The molecular formula is C13H21N5S. The summed E-state index contributed by atoms with van der Waals surface area (Å²) in [5.41, 5.74) is 6.17. The van der Waals surface area contributed by atoms with Gasteiger partial charge in [0.05, 0.1) is 0 Å². The molecule has 1 aromatic heterocycles. The molecule has 0 bridgehead atoms. The molecule has 5 nitrogen and oxygen atoms in total. The Balaban J connectivity index is 1.76. The van der Waals surface area contributed by atoms with E-state index in [9.17, 15) is 0 Å². The second kappa shape index (κ2) is 6.77. The van der Waals surface area contributed by atoms with Gasteiger partial charge < -0.3 is 16.0 Å². The van der Waals surface area contributed by atoms with E-state index in [0.29, 0.717) is 16.6 Å². The number of likely N-dealkylation sites (tertiary alicyclic amines) is 1. The van der Waals surface area contributed by atoms with Gasteiger partial charge in [0, 0.05) is 12.7 Å². The number of piperidine rings is 1. The Morgan fingerprint density at radius 3 is 2.95 bits per heavy atom. The molecule has 1 saturated heterocycles. The normalized spacial score (nSPS) is 17.3. The molecule has 0 amide bonds. The number of nitrogens with one attached hydrogen (secondary N) is 1. The van der Waals surface area contributed by atoms with Gasteiger partial charge in [-0.25, -0.2) is 9.97 Å². The van der Waals surface area contributed by atoms with Gasteiger partial charge in [0.15, 0.2) is 0 Å². The third-order valence-electron chi connectivity index (χ3n) is 3.58. The lowest BCUT2D eigenvalue weighted by Crippen LogP contribution is -2.31. The first-order chi connectivity index (χ1) is 9.15. The topological polar surface area (TPSA) is 67.1 Å². The van der Waals surface area contributed by atoms with Crippen molar-refractivity contribution >= 4 is 23.2 Å². The molecule has 104 valence electrons. The Bertz CT molecular complexity index is 429. The van der Waals surface area contributed by atoms with Crippen LogP contribution in [-0.4, -0.2) is 46.5 Å². The van der Waals surface area contributed by atoms with Crippen LogP contribution in [0, 0.1) is 5.92 Å². The van der Waals surface area contributed by atoms with Gasteiger partial charge in [0.25, 0.3) is 0 Å². The fraction of sp³-hybridized carbons (Fsp3) is 0.615. The fourth-order valence-corrected chi connectivity index (χ4v) is 2.43. The summed E-state index contributed by atoms with van der Waals surface area (Å²) in [5.74, 6) is 1.42. The zero-order valence-corrected chi connectivity index (χ0v) is 12.1. The lowest BCUT2D eigenvalue weighted by atomic mass is 9.94. The average molecular weight is 279 g/mol. The summed E-state index contributed by atoms with van der Waals surface area (Å²) >= 11 is 4.90. The molecule has 2 rings (SSSR count). The third kappa shape index (κ3) is 4.40. The van der Waals surface area contributed by atoms with Crippen LogP contribution in [0.2, 0.25) is 0 Å². The number of hydrogen-bond acceptors (Lipinski definition) is 5. The predicted octanol–water partition coefficient (Wildman–Crippen LogP) is 1.25. The molecular weight excluding hydrogens is 258 g/mol. The Morgan fingerprint density at radius 1 is 1.53 bits per heavy atom. The number of thiocarbonyl (C=S) groups is 1. The van der Waals surface area contributed by atoms with E-state index in [4.69, 9.17) is 18.0 Å². The molecule has 1 fully saturated rings. The van der Waals surface area contributed by atoms with Crippen molar-refractivity contribution in [2.24, 2.45) is 11.7 Å². The highest BCUT2D eigenvalue weighted by Gasteiger charge is 2.16. The molecule has 0 aliphatic carbocycles. The van der Waals surface area contributed by atoms with Crippen molar-refractivity contribution in [3.05, 3.63) is 18.0 Å². The number of anilines is 1. The first kappa shape index (κ1) is 14.1. The van der Waals surface area contributed by atoms with E-state index in [1.807, 2.05) is 0 Å². The summed E-state index contributed by atoms with van der Waals surface area (Å²) < 4.78 is 0. The molecule has 1 aromatic rings. The summed E-state index contributed by atoms with van der Waals surface area (Å²) in [6, 6.07) is 1.73. The molecule has 1 aliphatic heterocycles. The van der Waals surface area contributed by atoms with Gasteiger partial charge >= 0.3 is 0 Å². The van der Waals surface area contributed by atoms with E-state index in [-0.39, 0.29) is 0 Å². The predicted molar refractivity (Wildman–Crippen MR) is 81.2 cm³/mol. The minimum absolute atomic E-state index is 0.306. The van der Waals surface area contributed by atoms with Gasteiger partial charge in [0.2, 0.25) is 5.95 Å². The van der Waals surface area contributed by atoms with Gasteiger partial charge in [-0.05, 0) is 51.4 Å². The number of nitrogens with zero attached hydrogens (tertiary/aromatic N) is 3. The van der Waals surface area contributed by atoms with Crippen LogP contribution in [0.5, 0.6) is 0 Å². The molecule has 0 unspecified atom stereocenters. The van der Waals surface area contributed by atoms with Gasteiger partial charge in [-0.2, -0.15) is 0 Å². The zero-order chi connectivity index (χ0) is 13.7. The van der Waals surface area contributed by atoms with Crippen molar-refractivity contribution in [2.75, 3.05) is 32.0 Å². The van der Waals surface area contributed by atoms with Crippen molar-refractivity contribution < 1.29 is 0 Å². The van der Waals surface area contributed by atoms with Crippen LogP contribution in [0.4, 0.5) is 5.95 Å². The van der Waals surface area contributed by atoms with E-state index in [1.165, 1.54) is 25.9 Å². The smallest absolute Gasteiger partial charge is 0.223 e. The van der Waals surface area contributed by atoms with Crippen LogP contribution in [0.25, 0.3) is 0 Å². The second-order valence-electron chi connectivity index (χ2n) is 5.09. The van der Waals surface area contributed by atoms with E-state index in [2.05, 4.69) is 27.2 Å². The molecule has 1 aliphatic rings. The van der Waals surface area contributed by atoms with E-state index < -0.39 is 0 Å². The maximum absolute atomic E-state index is 5.55. The van der Waals surface area contributed by atoms with E-state index in [1.54, 1.807) is 12.3 Å². The summed E-state index contributed by atoms with van der Waals surface area (Å²) in [6.07, 6.45) is 5.41. The summed E-state index contributed by atoms with van der Waals surface area (Å²) in [7, 11) is 2.18. The third-order valence-corrected chi connectivity index (χ3v) is 3.79. The van der Waals surface area contributed by atoms with Gasteiger partial charge in [-0.1, -0.05) is 12.2 Å². The molecule has 0 spiro atoms. The Kier molecular flexibility index (Phi) is 5.04. The minimum atomic E-state index is 0.306. The van der Waals surface area contributed by atoms with Crippen LogP contribution >= 0.6 is 12.2 Å². The van der Waals surface area contributed by atoms with Crippen molar-refractivity contribution in [3.63, 3.8) is 0 Å². The van der Waals surface area contributed by atoms with Crippen LogP contribution in [-0.2, 0) is 0 Å². The highest BCUT2D eigenvalue weighted by atomic mass is 32.1. The standard InChI is InChI=1S/C13H21N5S/c1-18-8-4-10(5-9-18)2-6-15-13-16-7-3-11(17-13)12(14)19/h3,7,10H,2,4-6,8-9H2,1H3,(H2,14,19)(H,15,16,17). The van der Waals surface area contributed by atoms with Crippen LogP contribution in [0.3, 0.4) is 0 Å². The highest BCUT2D eigenvalue weighted by Crippen LogP contribution is 2.19. The second-order valence-corrected chi connectivity index (χ2v) is 5.53. The summed E-state index contributed by atoms with van der Waals surface area (Å²) in [4.78, 5) is 11.1. The van der Waals surface area contributed by atoms with Gasteiger partial charge in [-0.15, -0.1) is 0 Å². The van der Waals surface area contributed by atoms with Crippen molar-refractivity contribution in [2.45, 2.75) is 19.3 Å². The number of nitrogens with two attached hydrogens (primary N) is 1. The summed E-state index contributed by atoms with van der Waals surface area (Å²) in [5, 5.41) is 3.25. The van der Waals surface area contributed by atoms with Gasteiger partial charge in [0.1, 0.15) is 10.7 Å². The first-order valence-electron chi connectivity index (χ1n) is 6.70.